The molecule has 14 heavy (non-hydrogen) atoms. The van der Waals surface area contributed by atoms with Crippen LogP contribution in [-0.4, -0.2) is 5.91 Å². The molecular formula is C9H4BrFINO. The molecule has 72 valence electrons. The predicted molar refractivity (Wildman–Crippen MR) is 64.4 cm³/mol. The monoisotopic (exact) mass is 367 g/mol. The molecule has 1 aromatic rings. The fraction of sp³-hybridized carbons (Fsp3) is 0. The number of carbonyl (C=O) groups excluding carboxylic acids is 1. The van der Waals surface area contributed by atoms with Crippen LogP contribution in [0.1, 0.15) is 0 Å². The molecule has 2 nitrogen and oxygen atoms in total. The van der Waals surface area contributed by atoms with E-state index in [2.05, 4.69) is 32.0 Å². The third kappa shape index (κ3) is 3.27. The van der Waals surface area contributed by atoms with Crippen LogP contribution in [-0.2, 0) is 4.79 Å². The summed E-state index contributed by atoms with van der Waals surface area (Å²) in [4.78, 5) is 13.3. The topological polar surface area (TPSA) is 29.1 Å². The van der Waals surface area contributed by atoms with Gasteiger partial charge in [-0.1, -0.05) is 0 Å². The minimum absolute atomic E-state index is 0.334. The molecule has 1 amide bonds. The van der Waals surface area contributed by atoms with Gasteiger partial charge in [-0.2, -0.15) is 0 Å². The van der Waals surface area contributed by atoms with Crippen molar-refractivity contribution in [3.63, 3.8) is 0 Å². The van der Waals surface area contributed by atoms with Crippen LogP contribution in [0.2, 0.25) is 0 Å². The van der Waals surface area contributed by atoms with E-state index >= 15 is 0 Å². The number of nitrogens with one attached hydrogen (secondary N) is 1. The van der Waals surface area contributed by atoms with Gasteiger partial charge in [-0.25, -0.2) is 4.39 Å². The van der Waals surface area contributed by atoms with Crippen LogP contribution < -0.4 is 5.32 Å². The Hall–Kier alpha value is -0.610. The molecule has 0 radical (unpaired) electrons. The first-order chi connectivity index (χ1) is 6.63. The van der Waals surface area contributed by atoms with Crippen molar-refractivity contribution in [1.82, 2.24) is 0 Å². The van der Waals surface area contributed by atoms with Gasteiger partial charge >= 0.3 is 5.91 Å². The van der Waals surface area contributed by atoms with Gasteiger partial charge in [-0.3, -0.25) is 4.79 Å². The molecule has 0 saturated carbocycles. The van der Waals surface area contributed by atoms with E-state index in [-0.39, 0.29) is 5.82 Å². The zero-order valence-corrected chi connectivity index (χ0v) is 10.5. The fourth-order valence-electron chi connectivity index (χ4n) is 0.787. The van der Waals surface area contributed by atoms with Crippen molar-refractivity contribution >= 4 is 50.1 Å². The molecule has 0 aliphatic carbocycles. The van der Waals surface area contributed by atoms with Crippen LogP contribution >= 0.6 is 38.5 Å². The zero-order valence-electron chi connectivity index (χ0n) is 6.77. The van der Waals surface area contributed by atoms with Crippen LogP contribution in [0.3, 0.4) is 0 Å². The Morgan fingerprint density at radius 3 is 2.86 bits per heavy atom. The number of hydrogen-bond donors (Lipinski definition) is 1. The third-order valence-electron chi connectivity index (χ3n) is 1.34. The standard InChI is InChI=1S/C9H4BrFINO/c10-4-3-9(14)13-8-2-1-6(11)5-7(8)12/h1-2,5H,(H,13,14). The number of carbonyl (C=O) groups is 1. The van der Waals surface area contributed by atoms with Gasteiger partial charge < -0.3 is 5.32 Å². The van der Waals surface area contributed by atoms with Gasteiger partial charge in [0, 0.05) is 25.4 Å². The molecule has 0 aliphatic rings. The Labute approximate surface area is 103 Å². The van der Waals surface area contributed by atoms with E-state index in [9.17, 15) is 9.18 Å². The van der Waals surface area contributed by atoms with Gasteiger partial charge in [0.15, 0.2) is 0 Å². The fourth-order valence-corrected chi connectivity index (χ4v) is 1.58. The molecule has 0 heterocycles. The molecule has 0 unspecified atom stereocenters. The number of benzene rings is 1. The quantitative estimate of drug-likeness (QED) is 0.600. The van der Waals surface area contributed by atoms with Crippen LogP contribution in [0, 0.1) is 20.1 Å². The molecule has 0 saturated heterocycles. The Kier molecular flexibility index (Phi) is 4.35. The zero-order chi connectivity index (χ0) is 10.6. The summed E-state index contributed by atoms with van der Waals surface area (Å²) in [5.74, 6) is 1.48. The molecule has 1 rings (SSSR count). The number of amides is 1. The molecule has 0 aliphatic heterocycles. The SMILES string of the molecule is O=C(C#CBr)Nc1ccc(F)cc1I. The second-order valence-corrected chi connectivity index (χ2v) is 3.86. The smallest absolute Gasteiger partial charge is 0.301 e. The molecular weight excluding hydrogens is 364 g/mol. The highest BCUT2D eigenvalue weighted by molar-refractivity contribution is 14.1. The summed E-state index contributed by atoms with van der Waals surface area (Å²) in [6.45, 7) is 0. The summed E-state index contributed by atoms with van der Waals surface area (Å²) < 4.78 is 13.3. The lowest BCUT2D eigenvalue weighted by atomic mass is 10.3. The first-order valence-corrected chi connectivity index (χ1v) is 5.38. The van der Waals surface area contributed by atoms with E-state index in [0.717, 1.165) is 0 Å². The summed E-state index contributed by atoms with van der Waals surface area (Å²) in [6, 6.07) is 4.10. The summed E-state index contributed by atoms with van der Waals surface area (Å²) in [6.07, 6.45) is 0. The van der Waals surface area contributed by atoms with Gasteiger partial charge in [0.2, 0.25) is 0 Å². The maximum atomic E-state index is 12.7. The molecule has 1 aromatic carbocycles. The van der Waals surface area contributed by atoms with Crippen molar-refractivity contribution in [2.45, 2.75) is 0 Å². The first-order valence-electron chi connectivity index (χ1n) is 3.51. The Morgan fingerprint density at radius 2 is 2.29 bits per heavy atom. The summed E-state index contributed by atoms with van der Waals surface area (Å²) in [7, 11) is 0. The van der Waals surface area contributed by atoms with Crippen LogP contribution in [0.5, 0.6) is 0 Å². The number of halogens is 3. The van der Waals surface area contributed by atoms with Crippen LogP contribution in [0.4, 0.5) is 10.1 Å². The number of rotatable bonds is 1. The Balaban J connectivity index is 2.85. The summed E-state index contributed by atoms with van der Waals surface area (Å²) >= 11 is 4.74. The minimum atomic E-state index is -0.439. The third-order valence-corrected chi connectivity index (χ3v) is 2.43. The summed E-state index contributed by atoms with van der Waals surface area (Å²) in [5.41, 5.74) is 0.548. The van der Waals surface area contributed by atoms with E-state index in [1.165, 1.54) is 18.2 Å². The predicted octanol–water partition coefficient (Wildman–Crippen LogP) is 2.72. The van der Waals surface area contributed by atoms with Crippen molar-refractivity contribution in [3.8, 4) is 10.8 Å². The van der Waals surface area contributed by atoms with E-state index in [4.69, 9.17) is 0 Å². The van der Waals surface area contributed by atoms with Gasteiger partial charge in [-0.15, -0.1) is 0 Å². The van der Waals surface area contributed by atoms with E-state index in [1.807, 2.05) is 22.6 Å². The molecule has 0 fully saturated rings. The van der Waals surface area contributed by atoms with Crippen molar-refractivity contribution in [1.29, 1.82) is 0 Å². The second kappa shape index (κ2) is 5.32. The van der Waals surface area contributed by atoms with E-state index in [0.29, 0.717) is 9.26 Å². The Morgan fingerprint density at radius 1 is 1.57 bits per heavy atom. The highest BCUT2D eigenvalue weighted by Crippen LogP contribution is 2.18. The minimum Gasteiger partial charge on any atom is -0.314 e. The average molecular weight is 368 g/mol. The Bertz CT molecular complexity index is 425. The highest BCUT2D eigenvalue weighted by atomic mass is 127. The molecule has 0 aromatic heterocycles. The van der Waals surface area contributed by atoms with E-state index in [1.54, 1.807) is 0 Å². The lowest BCUT2D eigenvalue weighted by Gasteiger charge is -2.03. The normalized spacial score (nSPS) is 8.79. The average Bonchev–Trinajstić information content (AvgIpc) is 2.10. The lowest BCUT2D eigenvalue weighted by molar-refractivity contribution is -0.111. The van der Waals surface area contributed by atoms with E-state index < -0.39 is 5.91 Å². The molecule has 1 N–H and O–H groups in total. The van der Waals surface area contributed by atoms with Gasteiger partial charge in [0.1, 0.15) is 5.82 Å². The largest absolute Gasteiger partial charge is 0.314 e. The van der Waals surface area contributed by atoms with Gasteiger partial charge in [-0.05, 0) is 45.6 Å². The van der Waals surface area contributed by atoms with Crippen molar-refractivity contribution in [2.75, 3.05) is 5.32 Å². The number of anilines is 1. The molecule has 0 bridgehead atoms. The highest BCUT2D eigenvalue weighted by Gasteiger charge is 2.03. The molecule has 0 spiro atoms. The van der Waals surface area contributed by atoms with Crippen molar-refractivity contribution in [3.05, 3.63) is 27.6 Å². The molecule has 5 heteroatoms. The number of hydrogen-bond acceptors (Lipinski definition) is 1. The van der Waals surface area contributed by atoms with Crippen molar-refractivity contribution in [2.24, 2.45) is 0 Å². The molecule has 0 atom stereocenters. The van der Waals surface area contributed by atoms with Gasteiger partial charge in [0.25, 0.3) is 0 Å². The summed E-state index contributed by atoms with van der Waals surface area (Å²) in [5, 5.41) is 2.52. The first kappa shape index (κ1) is 11.5. The van der Waals surface area contributed by atoms with Crippen LogP contribution in [0.15, 0.2) is 18.2 Å². The lowest BCUT2D eigenvalue weighted by Crippen LogP contribution is -2.09. The van der Waals surface area contributed by atoms with Gasteiger partial charge in [0.05, 0.1) is 5.69 Å². The maximum Gasteiger partial charge on any atom is 0.301 e. The van der Waals surface area contributed by atoms with Crippen LogP contribution in [0.25, 0.3) is 0 Å². The maximum absolute atomic E-state index is 12.7. The van der Waals surface area contributed by atoms with Crippen molar-refractivity contribution < 1.29 is 9.18 Å². The second-order valence-electron chi connectivity index (χ2n) is 2.30.